The average molecular weight is 221 g/mol. The quantitative estimate of drug-likeness (QED) is 0.587. The van der Waals surface area contributed by atoms with Gasteiger partial charge in [0.05, 0.1) is 13.2 Å². The first-order valence-corrected chi connectivity index (χ1v) is 5.64. The van der Waals surface area contributed by atoms with E-state index in [-0.39, 0.29) is 5.97 Å². The number of hydrogen-bond donors (Lipinski definition) is 1. The van der Waals surface area contributed by atoms with Crippen molar-refractivity contribution in [2.24, 2.45) is 0 Å². The lowest BCUT2D eigenvalue weighted by Gasteiger charge is -2.05. The molecule has 1 aromatic carbocycles. The summed E-state index contributed by atoms with van der Waals surface area (Å²) in [4.78, 5) is 11.0. The lowest BCUT2D eigenvalue weighted by atomic mass is 10.1. The number of carbonyl (C=O) groups is 1. The van der Waals surface area contributed by atoms with Gasteiger partial charge >= 0.3 is 5.97 Å². The van der Waals surface area contributed by atoms with Crippen LogP contribution in [0.1, 0.15) is 18.1 Å². The third-order valence-electron chi connectivity index (χ3n) is 2.25. The highest BCUT2D eigenvalue weighted by Crippen LogP contribution is 2.03. The number of aryl methyl sites for hydroxylation is 1. The second kappa shape index (κ2) is 7.01. The lowest BCUT2D eigenvalue weighted by molar-refractivity contribution is -0.141. The molecule has 88 valence electrons. The number of ether oxygens (including phenoxy) is 1. The van der Waals surface area contributed by atoms with Crippen LogP contribution in [0.25, 0.3) is 0 Å². The normalized spacial score (nSPS) is 10.1. The summed E-state index contributed by atoms with van der Waals surface area (Å²) in [6.45, 7) is 5.42. The summed E-state index contributed by atoms with van der Waals surface area (Å²) in [5.74, 6) is -0.188. The summed E-state index contributed by atoms with van der Waals surface area (Å²) in [5, 5.41) is 3.06. The van der Waals surface area contributed by atoms with Gasteiger partial charge in [-0.2, -0.15) is 0 Å². The monoisotopic (exact) mass is 221 g/mol. The van der Waals surface area contributed by atoms with Gasteiger partial charge in [-0.3, -0.25) is 4.79 Å². The number of carbonyl (C=O) groups excluding carboxylic acids is 1. The van der Waals surface area contributed by atoms with Gasteiger partial charge in [-0.1, -0.05) is 29.8 Å². The molecule has 0 heterocycles. The van der Waals surface area contributed by atoms with E-state index < -0.39 is 0 Å². The first-order valence-electron chi connectivity index (χ1n) is 5.64. The van der Waals surface area contributed by atoms with Gasteiger partial charge < -0.3 is 10.1 Å². The Morgan fingerprint density at radius 1 is 1.44 bits per heavy atom. The van der Waals surface area contributed by atoms with Gasteiger partial charge in [0.1, 0.15) is 0 Å². The predicted octanol–water partition coefficient (Wildman–Crippen LogP) is 1.69. The standard InChI is InChI=1S/C13H19NO2/c1-3-16-13(15)10-14-8-7-12-6-4-5-11(2)9-12/h4-6,9,14H,3,7-8,10H2,1-2H3. The molecular weight excluding hydrogens is 202 g/mol. The molecule has 1 rings (SSSR count). The molecule has 0 fully saturated rings. The fourth-order valence-corrected chi connectivity index (χ4v) is 1.50. The van der Waals surface area contributed by atoms with Crippen molar-refractivity contribution in [2.75, 3.05) is 19.7 Å². The summed E-state index contributed by atoms with van der Waals surface area (Å²) < 4.78 is 4.81. The first kappa shape index (κ1) is 12.7. The van der Waals surface area contributed by atoms with E-state index in [0.717, 1.165) is 13.0 Å². The van der Waals surface area contributed by atoms with Crippen molar-refractivity contribution in [1.82, 2.24) is 5.32 Å². The molecule has 0 saturated carbocycles. The third kappa shape index (κ3) is 4.94. The van der Waals surface area contributed by atoms with Gasteiger partial charge in [0.15, 0.2) is 0 Å². The fraction of sp³-hybridized carbons (Fsp3) is 0.462. The molecule has 0 aromatic heterocycles. The van der Waals surface area contributed by atoms with E-state index in [9.17, 15) is 4.79 Å². The topological polar surface area (TPSA) is 38.3 Å². The van der Waals surface area contributed by atoms with Crippen LogP contribution in [-0.2, 0) is 16.0 Å². The molecule has 0 aliphatic carbocycles. The van der Waals surface area contributed by atoms with Crippen LogP contribution in [0.5, 0.6) is 0 Å². The van der Waals surface area contributed by atoms with Gasteiger partial charge in [-0.25, -0.2) is 0 Å². The Kier molecular flexibility index (Phi) is 5.57. The Hall–Kier alpha value is -1.35. The second-order valence-electron chi connectivity index (χ2n) is 3.72. The van der Waals surface area contributed by atoms with Crippen LogP contribution >= 0.6 is 0 Å². The maximum atomic E-state index is 11.0. The molecule has 0 aliphatic rings. The Labute approximate surface area is 96.8 Å². The molecular formula is C13H19NO2. The van der Waals surface area contributed by atoms with E-state index >= 15 is 0 Å². The largest absolute Gasteiger partial charge is 0.465 e. The van der Waals surface area contributed by atoms with Gasteiger partial charge in [0, 0.05) is 0 Å². The number of nitrogens with one attached hydrogen (secondary N) is 1. The van der Waals surface area contributed by atoms with E-state index in [2.05, 4.69) is 36.5 Å². The zero-order valence-corrected chi connectivity index (χ0v) is 9.95. The second-order valence-corrected chi connectivity index (χ2v) is 3.72. The number of rotatable bonds is 6. The molecule has 0 spiro atoms. The van der Waals surface area contributed by atoms with Crippen molar-refractivity contribution in [3.8, 4) is 0 Å². The molecule has 0 radical (unpaired) electrons. The van der Waals surface area contributed by atoms with Crippen molar-refractivity contribution < 1.29 is 9.53 Å². The van der Waals surface area contributed by atoms with Crippen molar-refractivity contribution in [1.29, 1.82) is 0 Å². The Balaban J connectivity index is 2.18. The molecule has 0 unspecified atom stereocenters. The number of hydrogen-bond acceptors (Lipinski definition) is 3. The summed E-state index contributed by atoms with van der Waals surface area (Å²) in [6, 6.07) is 8.39. The van der Waals surface area contributed by atoms with Crippen LogP contribution in [0.2, 0.25) is 0 Å². The van der Waals surface area contributed by atoms with Crippen LogP contribution in [0.3, 0.4) is 0 Å². The average Bonchev–Trinajstić information content (AvgIpc) is 2.25. The number of benzene rings is 1. The third-order valence-corrected chi connectivity index (χ3v) is 2.25. The van der Waals surface area contributed by atoms with E-state index in [0.29, 0.717) is 13.2 Å². The molecule has 0 atom stereocenters. The van der Waals surface area contributed by atoms with E-state index in [1.165, 1.54) is 11.1 Å². The minimum atomic E-state index is -0.188. The maximum Gasteiger partial charge on any atom is 0.319 e. The van der Waals surface area contributed by atoms with Gasteiger partial charge in [-0.05, 0) is 32.4 Å². The first-order chi connectivity index (χ1) is 7.72. The Morgan fingerprint density at radius 3 is 2.94 bits per heavy atom. The molecule has 0 aliphatic heterocycles. The zero-order valence-electron chi connectivity index (χ0n) is 9.95. The highest BCUT2D eigenvalue weighted by atomic mass is 16.5. The molecule has 16 heavy (non-hydrogen) atoms. The van der Waals surface area contributed by atoms with Crippen molar-refractivity contribution >= 4 is 5.97 Å². The summed E-state index contributed by atoms with van der Waals surface area (Å²) in [5.41, 5.74) is 2.55. The summed E-state index contributed by atoms with van der Waals surface area (Å²) >= 11 is 0. The van der Waals surface area contributed by atoms with Gasteiger partial charge in [0.25, 0.3) is 0 Å². The van der Waals surface area contributed by atoms with E-state index in [1.54, 1.807) is 0 Å². The van der Waals surface area contributed by atoms with Crippen LogP contribution < -0.4 is 5.32 Å². The molecule has 3 heteroatoms. The van der Waals surface area contributed by atoms with Crippen LogP contribution in [0, 0.1) is 6.92 Å². The maximum absolute atomic E-state index is 11.0. The number of esters is 1. The molecule has 0 amide bonds. The molecule has 1 aromatic rings. The minimum absolute atomic E-state index is 0.188. The van der Waals surface area contributed by atoms with Crippen molar-refractivity contribution in [3.05, 3.63) is 35.4 Å². The van der Waals surface area contributed by atoms with Crippen LogP contribution in [0.15, 0.2) is 24.3 Å². The highest BCUT2D eigenvalue weighted by molar-refractivity contribution is 5.71. The van der Waals surface area contributed by atoms with E-state index in [4.69, 9.17) is 4.74 Å². The summed E-state index contributed by atoms with van der Waals surface area (Å²) in [6.07, 6.45) is 0.932. The molecule has 1 N–H and O–H groups in total. The van der Waals surface area contributed by atoms with Crippen molar-refractivity contribution in [2.45, 2.75) is 20.3 Å². The van der Waals surface area contributed by atoms with Crippen LogP contribution in [0.4, 0.5) is 0 Å². The zero-order chi connectivity index (χ0) is 11.8. The Bertz CT molecular complexity index is 336. The Morgan fingerprint density at radius 2 is 2.25 bits per heavy atom. The van der Waals surface area contributed by atoms with Gasteiger partial charge in [-0.15, -0.1) is 0 Å². The fourth-order valence-electron chi connectivity index (χ4n) is 1.50. The minimum Gasteiger partial charge on any atom is -0.465 e. The van der Waals surface area contributed by atoms with Crippen LogP contribution in [-0.4, -0.2) is 25.7 Å². The summed E-state index contributed by atoms with van der Waals surface area (Å²) in [7, 11) is 0. The van der Waals surface area contributed by atoms with Crippen molar-refractivity contribution in [3.63, 3.8) is 0 Å². The highest BCUT2D eigenvalue weighted by Gasteiger charge is 1.99. The lowest BCUT2D eigenvalue weighted by Crippen LogP contribution is -2.26. The van der Waals surface area contributed by atoms with Gasteiger partial charge in [0.2, 0.25) is 0 Å². The smallest absolute Gasteiger partial charge is 0.319 e. The SMILES string of the molecule is CCOC(=O)CNCCc1cccc(C)c1. The molecule has 0 bridgehead atoms. The molecule has 3 nitrogen and oxygen atoms in total. The molecule has 0 saturated heterocycles. The van der Waals surface area contributed by atoms with E-state index in [1.807, 2.05) is 6.92 Å². The predicted molar refractivity (Wildman–Crippen MR) is 64.4 cm³/mol.